The Morgan fingerprint density at radius 2 is 1.88 bits per heavy atom. The molecule has 1 heterocycles. The number of amides is 1. The summed E-state index contributed by atoms with van der Waals surface area (Å²) in [7, 11) is 0. The van der Waals surface area contributed by atoms with Gasteiger partial charge in [-0.1, -0.05) is 41.9 Å². The van der Waals surface area contributed by atoms with Crippen LogP contribution in [0, 0.1) is 0 Å². The van der Waals surface area contributed by atoms with E-state index in [1.54, 1.807) is 43.3 Å². The van der Waals surface area contributed by atoms with E-state index in [2.05, 4.69) is 0 Å². The van der Waals surface area contributed by atoms with Crippen molar-refractivity contribution in [2.75, 3.05) is 0 Å². The highest BCUT2D eigenvalue weighted by atomic mass is 35.5. The van der Waals surface area contributed by atoms with Crippen molar-refractivity contribution in [2.24, 2.45) is 5.73 Å². The third kappa shape index (κ3) is 2.86. The standard InChI is InChI=1S/C18H15ClN2O3/c1-11(24-18(20)23)15-10-12-6-5-9-14(19)16(12)17(22)21(15)13-7-3-2-4-8-13/h2-11H,1H3,(H2,20,23)/t11-/m0/s1. The maximum Gasteiger partial charge on any atom is 0.405 e. The molecule has 24 heavy (non-hydrogen) atoms. The summed E-state index contributed by atoms with van der Waals surface area (Å²) < 4.78 is 6.57. The quantitative estimate of drug-likeness (QED) is 0.786. The van der Waals surface area contributed by atoms with Gasteiger partial charge in [0, 0.05) is 5.69 Å². The second-order valence-corrected chi connectivity index (χ2v) is 5.74. The number of carbonyl (C=O) groups is 1. The van der Waals surface area contributed by atoms with Gasteiger partial charge in [0.2, 0.25) is 0 Å². The molecule has 122 valence electrons. The molecule has 0 aliphatic rings. The van der Waals surface area contributed by atoms with Crippen molar-refractivity contribution in [3.8, 4) is 5.69 Å². The summed E-state index contributed by atoms with van der Waals surface area (Å²) in [5.74, 6) is 0. The summed E-state index contributed by atoms with van der Waals surface area (Å²) in [6.07, 6.45) is -1.60. The van der Waals surface area contributed by atoms with Crippen molar-refractivity contribution in [1.82, 2.24) is 4.57 Å². The van der Waals surface area contributed by atoms with Gasteiger partial charge in [0.1, 0.15) is 6.10 Å². The van der Waals surface area contributed by atoms with E-state index < -0.39 is 12.2 Å². The van der Waals surface area contributed by atoms with Gasteiger partial charge in [-0.3, -0.25) is 9.36 Å². The molecule has 2 N–H and O–H groups in total. The van der Waals surface area contributed by atoms with E-state index in [1.807, 2.05) is 18.2 Å². The van der Waals surface area contributed by atoms with Crippen molar-refractivity contribution < 1.29 is 9.53 Å². The highest BCUT2D eigenvalue weighted by Gasteiger charge is 2.19. The molecular formula is C18H15ClN2O3. The lowest BCUT2D eigenvalue weighted by molar-refractivity contribution is 0.113. The molecule has 3 rings (SSSR count). The van der Waals surface area contributed by atoms with Gasteiger partial charge in [-0.05, 0) is 36.6 Å². The number of halogens is 1. The van der Waals surface area contributed by atoms with Gasteiger partial charge in [-0.25, -0.2) is 4.79 Å². The fourth-order valence-corrected chi connectivity index (χ4v) is 2.98. The molecule has 5 nitrogen and oxygen atoms in total. The molecule has 0 bridgehead atoms. The Morgan fingerprint density at radius 3 is 2.54 bits per heavy atom. The maximum atomic E-state index is 13.1. The Morgan fingerprint density at radius 1 is 1.17 bits per heavy atom. The number of hydrogen-bond acceptors (Lipinski definition) is 3. The molecule has 0 saturated carbocycles. The lowest BCUT2D eigenvalue weighted by Gasteiger charge is -2.19. The lowest BCUT2D eigenvalue weighted by Crippen LogP contribution is -2.26. The van der Waals surface area contributed by atoms with Gasteiger partial charge in [0.05, 0.1) is 16.1 Å². The zero-order valence-corrected chi connectivity index (χ0v) is 13.7. The van der Waals surface area contributed by atoms with Crippen molar-refractivity contribution >= 4 is 28.5 Å². The Balaban J connectivity index is 2.37. The van der Waals surface area contributed by atoms with Crippen LogP contribution >= 0.6 is 11.6 Å². The van der Waals surface area contributed by atoms with Crippen molar-refractivity contribution in [3.63, 3.8) is 0 Å². The van der Waals surface area contributed by atoms with Gasteiger partial charge in [0.25, 0.3) is 5.56 Å². The maximum absolute atomic E-state index is 13.1. The second kappa shape index (κ2) is 6.37. The topological polar surface area (TPSA) is 74.3 Å². The minimum absolute atomic E-state index is 0.278. The number of pyridine rings is 1. The van der Waals surface area contributed by atoms with Gasteiger partial charge in [-0.15, -0.1) is 0 Å². The van der Waals surface area contributed by atoms with Crippen LogP contribution in [-0.2, 0) is 4.74 Å². The van der Waals surface area contributed by atoms with Crippen LogP contribution < -0.4 is 11.3 Å². The van der Waals surface area contributed by atoms with Crippen molar-refractivity contribution in [2.45, 2.75) is 13.0 Å². The van der Waals surface area contributed by atoms with Crippen LogP contribution in [-0.4, -0.2) is 10.7 Å². The van der Waals surface area contributed by atoms with Gasteiger partial charge in [0.15, 0.2) is 0 Å². The number of aromatic nitrogens is 1. The molecule has 1 atom stereocenters. The Labute approximate surface area is 143 Å². The molecule has 1 amide bonds. The molecule has 0 spiro atoms. The van der Waals surface area contributed by atoms with Crippen molar-refractivity contribution in [1.29, 1.82) is 0 Å². The van der Waals surface area contributed by atoms with Crippen LogP contribution in [0.3, 0.4) is 0 Å². The van der Waals surface area contributed by atoms with Gasteiger partial charge < -0.3 is 10.5 Å². The number of nitrogens with two attached hydrogens (primary N) is 1. The summed E-state index contributed by atoms with van der Waals surface area (Å²) in [5, 5.41) is 1.46. The number of carbonyl (C=O) groups excluding carboxylic acids is 1. The number of rotatable bonds is 3. The monoisotopic (exact) mass is 342 g/mol. The first-order valence-corrected chi connectivity index (χ1v) is 7.72. The zero-order valence-electron chi connectivity index (χ0n) is 12.9. The summed E-state index contributed by atoms with van der Waals surface area (Å²) >= 11 is 6.22. The Bertz CT molecular complexity index is 967. The highest BCUT2D eigenvalue weighted by Crippen LogP contribution is 2.26. The molecule has 0 saturated heterocycles. The highest BCUT2D eigenvalue weighted by molar-refractivity contribution is 6.35. The molecule has 0 fully saturated rings. The number of hydrogen-bond donors (Lipinski definition) is 1. The number of nitrogens with zero attached hydrogens (tertiary/aromatic N) is 1. The van der Waals surface area contributed by atoms with E-state index in [4.69, 9.17) is 22.1 Å². The number of benzene rings is 2. The van der Waals surface area contributed by atoms with E-state index in [9.17, 15) is 9.59 Å². The van der Waals surface area contributed by atoms with E-state index in [0.29, 0.717) is 27.2 Å². The Kier molecular flexibility index (Phi) is 4.27. The summed E-state index contributed by atoms with van der Waals surface area (Å²) in [4.78, 5) is 24.2. The van der Waals surface area contributed by atoms with Crippen LogP contribution in [0.15, 0.2) is 59.4 Å². The van der Waals surface area contributed by atoms with Crippen LogP contribution in [0.5, 0.6) is 0 Å². The summed E-state index contributed by atoms with van der Waals surface area (Å²) in [6.45, 7) is 1.66. The smallest absolute Gasteiger partial charge is 0.405 e. The summed E-state index contributed by atoms with van der Waals surface area (Å²) in [5.41, 5.74) is 6.01. The molecule has 2 aromatic carbocycles. The van der Waals surface area contributed by atoms with E-state index in [-0.39, 0.29) is 5.56 Å². The van der Waals surface area contributed by atoms with Gasteiger partial charge in [-0.2, -0.15) is 0 Å². The average molecular weight is 343 g/mol. The largest absolute Gasteiger partial charge is 0.440 e. The first-order chi connectivity index (χ1) is 11.5. The SMILES string of the molecule is C[C@H](OC(N)=O)c1cc2cccc(Cl)c2c(=O)n1-c1ccccc1. The molecule has 1 aromatic heterocycles. The normalized spacial score (nSPS) is 12.1. The fourth-order valence-electron chi connectivity index (χ4n) is 2.72. The van der Waals surface area contributed by atoms with Crippen LogP contribution in [0.2, 0.25) is 5.02 Å². The first kappa shape index (κ1) is 16.1. The summed E-state index contributed by atoms with van der Waals surface area (Å²) in [6, 6.07) is 16.1. The third-order valence-corrected chi connectivity index (χ3v) is 4.06. The molecule has 6 heteroatoms. The predicted octanol–water partition coefficient (Wildman–Crippen LogP) is 3.80. The Hall–Kier alpha value is -2.79. The molecule has 3 aromatic rings. The number of fused-ring (bicyclic) bond motifs is 1. The van der Waals surface area contributed by atoms with Crippen LogP contribution in [0.1, 0.15) is 18.7 Å². The van der Waals surface area contributed by atoms with Gasteiger partial charge >= 0.3 is 6.09 Å². The minimum atomic E-state index is -0.902. The molecule has 0 aliphatic heterocycles. The number of ether oxygens (including phenoxy) is 1. The second-order valence-electron chi connectivity index (χ2n) is 5.33. The lowest BCUT2D eigenvalue weighted by atomic mass is 10.1. The molecule has 0 radical (unpaired) electrons. The average Bonchev–Trinajstić information content (AvgIpc) is 2.54. The number of para-hydroxylation sites is 1. The van der Waals surface area contributed by atoms with E-state index >= 15 is 0 Å². The molecule has 0 aliphatic carbocycles. The van der Waals surface area contributed by atoms with E-state index in [0.717, 1.165) is 0 Å². The number of primary amides is 1. The third-order valence-electron chi connectivity index (χ3n) is 3.75. The fraction of sp³-hybridized carbons (Fsp3) is 0.111. The van der Waals surface area contributed by atoms with Crippen molar-refractivity contribution in [3.05, 3.63) is 75.7 Å². The first-order valence-electron chi connectivity index (χ1n) is 7.34. The van der Waals surface area contributed by atoms with Crippen LogP contribution in [0.25, 0.3) is 16.5 Å². The zero-order chi connectivity index (χ0) is 17.3. The molecular weight excluding hydrogens is 328 g/mol. The minimum Gasteiger partial charge on any atom is -0.440 e. The molecule has 0 unspecified atom stereocenters. The van der Waals surface area contributed by atoms with Crippen LogP contribution in [0.4, 0.5) is 4.79 Å². The predicted molar refractivity (Wildman–Crippen MR) is 93.6 cm³/mol. The van der Waals surface area contributed by atoms with E-state index in [1.165, 1.54) is 4.57 Å².